The Morgan fingerprint density at radius 3 is 2.85 bits per heavy atom. The Labute approximate surface area is 122 Å². The Balaban J connectivity index is 2.40. The average Bonchev–Trinajstić information content (AvgIpc) is 2.81. The number of thiophene rings is 1. The van der Waals surface area contributed by atoms with Gasteiger partial charge in [0.25, 0.3) is 0 Å². The topological polar surface area (TPSA) is 83.9 Å². The molecule has 20 heavy (non-hydrogen) atoms. The van der Waals surface area contributed by atoms with E-state index < -0.39 is 16.0 Å². The van der Waals surface area contributed by atoms with Crippen molar-refractivity contribution in [3.63, 3.8) is 0 Å². The van der Waals surface area contributed by atoms with Gasteiger partial charge in [0.05, 0.1) is 6.10 Å². The van der Waals surface area contributed by atoms with Gasteiger partial charge in [-0.15, -0.1) is 11.3 Å². The van der Waals surface area contributed by atoms with E-state index in [4.69, 9.17) is 9.84 Å². The van der Waals surface area contributed by atoms with Gasteiger partial charge in [0, 0.05) is 20.2 Å². The van der Waals surface area contributed by atoms with Crippen molar-refractivity contribution in [2.24, 2.45) is 0 Å². The number of aryl methyl sites for hydroxylation is 1. The van der Waals surface area contributed by atoms with Gasteiger partial charge >= 0.3 is 5.97 Å². The van der Waals surface area contributed by atoms with Crippen LogP contribution in [0, 0.1) is 6.92 Å². The standard InChI is InChI=1S/C12H17NO5S2/c1-8-7-19-10(12(14)15)11(8)20(16,17)13-5-3-4-9(6-13)18-2/h7,9H,3-6H2,1-2H3,(H,14,15). The maximum absolute atomic E-state index is 12.7. The smallest absolute Gasteiger partial charge is 0.347 e. The third-order valence-electron chi connectivity index (χ3n) is 3.38. The molecule has 0 amide bonds. The molecule has 1 aliphatic rings. The molecule has 0 aromatic carbocycles. The van der Waals surface area contributed by atoms with Gasteiger partial charge in [-0.2, -0.15) is 4.31 Å². The van der Waals surface area contributed by atoms with Crippen LogP contribution < -0.4 is 0 Å². The first kappa shape index (κ1) is 15.4. The molecule has 2 rings (SSSR count). The van der Waals surface area contributed by atoms with Gasteiger partial charge in [-0.1, -0.05) is 0 Å². The molecule has 6 nitrogen and oxygen atoms in total. The Bertz CT molecular complexity index is 607. The van der Waals surface area contributed by atoms with Crippen molar-refractivity contribution < 1.29 is 23.1 Å². The summed E-state index contributed by atoms with van der Waals surface area (Å²) in [6.07, 6.45) is 1.39. The average molecular weight is 319 g/mol. The zero-order chi connectivity index (χ0) is 14.9. The second kappa shape index (κ2) is 5.80. The second-order valence-corrected chi connectivity index (χ2v) is 7.50. The third kappa shape index (κ3) is 2.73. The van der Waals surface area contributed by atoms with Crippen molar-refractivity contribution in [1.29, 1.82) is 0 Å². The van der Waals surface area contributed by atoms with Crippen molar-refractivity contribution in [1.82, 2.24) is 4.31 Å². The van der Waals surface area contributed by atoms with Crippen LogP contribution in [0.3, 0.4) is 0 Å². The van der Waals surface area contributed by atoms with Gasteiger partial charge < -0.3 is 9.84 Å². The maximum Gasteiger partial charge on any atom is 0.347 e. The van der Waals surface area contributed by atoms with E-state index >= 15 is 0 Å². The lowest BCUT2D eigenvalue weighted by Crippen LogP contribution is -2.43. The number of piperidine rings is 1. The first-order valence-electron chi connectivity index (χ1n) is 6.22. The molecule has 1 unspecified atom stereocenters. The summed E-state index contributed by atoms with van der Waals surface area (Å²) >= 11 is 0.945. The maximum atomic E-state index is 12.7. The fourth-order valence-corrected chi connectivity index (χ4v) is 5.44. The van der Waals surface area contributed by atoms with E-state index in [1.165, 1.54) is 4.31 Å². The fraction of sp³-hybridized carbons (Fsp3) is 0.583. The molecule has 112 valence electrons. The molecule has 0 aliphatic carbocycles. The van der Waals surface area contributed by atoms with E-state index in [-0.39, 0.29) is 22.4 Å². The van der Waals surface area contributed by atoms with Crippen LogP contribution in [0.2, 0.25) is 0 Å². The molecule has 8 heteroatoms. The molecular weight excluding hydrogens is 302 g/mol. The van der Waals surface area contributed by atoms with Crippen LogP contribution in [0.25, 0.3) is 0 Å². The number of carboxylic acid groups (broad SMARTS) is 1. The Hall–Kier alpha value is -0.960. The number of carbonyl (C=O) groups is 1. The summed E-state index contributed by atoms with van der Waals surface area (Å²) in [5, 5.41) is 10.7. The van der Waals surface area contributed by atoms with E-state index in [1.54, 1.807) is 19.4 Å². The lowest BCUT2D eigenvalue weighted by atomic mass is 10.1. The normalized spacial score (nSPS) is 21.0. The van der Waals surface area contributed by atoms with E-state index in [1.807, 2.05) is 0 Å². The highest BCUT2D eigenvalue weighted by Crippen LogP contribution is 2.31. The van der Waals surface area contributed by atoms with Crippen molar-refractivity contribution in [3.05, 3.63) is 15.8 Å². The van der Waals surface area contributed by atoms with E-state index in [0.29, 0.717) is 18.5 Å². The molecule has 1 aromatic rings. The molecule has 1 aromatic heterocycles. The zero-order valence-electron chi connectivity index (χ0n) is 11.3. The molecule has 0 spiro atoms. The monoisotopic (exact) mass is 319 g/mol. The number of hydrogen-bond acceptors (Lipinski definition) is 5. The number of hydrogen-bond donors (Lipinski definition) is 1. The minimum Gasteiger partial charge on any atom is -0.477 e. The number of methoxy groups -OCH3 is 1. The van der Waals surface area contributed by atoms with Crippen LogP contribution in [-0.4, -0.2) is 50.1 Å². The first-order chi connectivity index (χ1) is 9.37. The van der Waals surface area contributed by atoms with Gasteiger partial charge in [-0.25, -0.2) is 13.2 Å². The quantitative estimate of drug-likeness (QED) is 0.910. The van der Waals surface area contributed by atoms with Crippen LogP contribution in [-0.2, 0) is 14.8 Å². The molecule has 1 N–H and O–H groups in total. The predicted molar refractivity (Wildman–Crippen MR) is 74.8 cm³/mol. The number of rotatable bonds is 4. The molecule has 1 aliphatic heterocycles. The van der Waals surface area contributed by atoms with Crippen LogP contribution >= 0.6 is 11.3 Å². The first-order valence-corrected chi connectivity index (χ1v) is 8.54. The molecule has 0 saturated carbocycles. The summed E-state index contributed by atoms with van der Waals surface area (Å²) in [6.45, 7) is 2.29. The number of sulfonamides is 1. The Morgan fingerprint density at radius 2 is 2.25 bits per heavy atom. The summed E-state index contributed by atoms with van der Waals surface area (Å²) in [6, 6.07) is 0. The molecule has 0 bridgehead atoms. The SMILES string of the molecule is COC1CCCN(S(=O)(=O)c2c(C)csc2C(=O)O)C1. The van der Waals surface area contributed by atoms with Crippen molar-refractivity contribution in [3.8, 4) is 0 Å². The molecule has 2 heterocycles. The highest BCUT2D eigenvalue weighted by atomic mass is 32.2. The van der Waals surface area contributed by atoms with E-state index in [9.17, 15) is 13.2 Å². The second-order valence-electron chi connectivity index (χ2n) is 4.75. The molecule has 1 fully saturated rings. The lowest BCUT2D eigenvalue weighted by molar-refractivity contribution is 0.0571. The number of nitrogens with zero attached hydrogens (tertiary/aromatic N) is 1. The highest BCUT2D eigenvalue weighted by Gasteiger charge is 2.35. The summed E-state index contributed by atoms with van der Waals surface area (Å²) in [4.78, 5) is 11.0. The van der Waals surface area contributed by atoms with E-state index in [2.05, 4.69) is 0 Å². The zero-order valence-corrected chi connectivity index (χ0v) is 13.0. The summed E-state index contributed by atoms with van der Waals surface area (Å²) in [7, 11) is -2.23. The summed E-state index contributed by atoms with van der Waals surface area (Å²) in [5.74, 6) is -1.21. The van der Waals surface area contributed by atoms with Gasteiger partial charge in [0.15, 0.2) is 0 Å². The molecular formula is C12H17NO5S2. The highest BCUT2D eigenvalue weighted by molar-refractivity contribution is 7.89. The minimum absolute atomic E-state index is 0.0771. The molecule has 1 saturated heterocycles. The third-order valence-corrected chi connectivity index (χ3v) is 6.65. The van der Waals surface area contributed by atoms with Crippen LogP contribution in [0.4, 0.5) is 0 Å². The molecule has 0 radical (unpaired) electrons. The summed E-state index contributed by atoms with van der Waals surface area (Å²) < 4.78 is 31.9. The van der Waals surface area contributed by atoms with Gasteiger partial charge in [-0.3, -0.25) is 0 Å². The van der Waals surface area contributed by atoms with Crippen molar-refractivity contribution >= 4 is 27.3 Å². The van der Waals surface area contributed by atoms with Crippen LogP contribution in [0.1, 0.15) is 28.1 Å². The Morgan fingerprint density at radius 1 is 1.55 bits per heavy atom. The molecule has 1 atom stereocenters. The van der Waals surface area contributed by atoms with E-state index in [0.717, 1.165) is 17.8 Å². The van der Waals surface area contributed by atoms with Gasteiger partial charge in [0.2, 0.25) is 10.0 Å². The van der Waals surface area contributed by atoms with Gasteiger partial charge in [0.1, 0.15) is 9.77 Å². The van der Waals surface area contributed by atoms with Crippen molar-refractivity contribution in [2.45, 2.75) is 30.8 Å². The number of aromatic carboxylic acids is 1. The number of carboxylic acids is 1. The largest absolute Gasteiger partial charge is 0.477 e. The Kier molecular flexibility index (Phi) is 4.48. The minimum atomic E-state index is -3.79. The summed E-state index contributed by atoms with van der Waals surface area (Å²) in [5.41, 5.74) is 0.479. The van der Waals surface area contributed by atoms with Crippen molar-refractivity contribution in [2.75, 3.05) is 20.2 Å². The van der Waals surface area contributed by atoms with Gasteiger partial charge in [-0.05, 0) is 30.7 Å². The fourth-order valence-electron chi connectivity index (χ4n) is 2.35. The van der Waals surface area contributed by atoms with Crippen LogP contribution in [0.5, 0.6) is 0 Å². The number of ether oxygens (including phenoxy) is 1. The predicted octanol–water partition coefficient (Wildman–Crippen LogP) is 1.55. The van der Waals surface area contributed by atoms with Crippen LogP contribution in [0.15, 0.2) is 10.3 Å². The lowest BCUT2D eigenvalue weighted by Gasteiger charge is -2.31.